The number of carbonyl (C=O) groups is 1. The molecule has 0 unspecified atom stereocenters. The quantitative estimate of drug-likeness (QED) is 0.891. The number of anilines is 2. The molecule has 0 saturated carbocycles. The van der Waals surface area contributed by atoms with E-state index in [4.69, 9.17) is 4.74 Å². The molecule has 0 atom stereocenters. The second kappa shape index (κ2) is 5.58. The standard InChI is InChI=1S/C13H13N3O4S2/c1-8-7-21-13(14-8)16-22(18,19)9-2-3-11-10(6-9)15-12(17)4-5-20-11/h2-3,6-7H,4-5H2,1H3,(H,14,16)(H,15,17). The molecule has 0 spiro atoms. The molecule has 0 radical (unpaired) electrons. The molecule has 1 aromatic carbocycles. The van der Waals surface area contributed by atoms with Gasteiger partial charge in [0, 0.05) is 5.38 Å². The number of hydrogen-bond donors (Lipinski definition) is 2. The Bertz CT molecular complexity index is 830. The van der Waals surface area contributed by atoms with Gasteiger partial charge >= 0.3 is 0 Å². The second-order valence-corrected chi connectivity index (χ2v) is 7.24. The van der Waals surface area contributed by atoms with Gasteiger partial charge in [0.05, 0.1) is 29.3 Å². The molecule has 22 heavy (non-hydrogen) atoms. The van der Waals surface area contributed by atoms with Crippen molar-refractivity contribution in [2.24, 2.45) is 0 Å². The van der Waals surface area contributed by atoms with Gasteiger partial charge in [0.15, 0.2) is 5.13 Å². The normalized spacial score (nSPS) is 14.5. The Kier molecular flexibility index (Phi) is 3.75. The molecule has 0 aliphatic carbocycles. The highest BCUT2D eigenvalue weighted by Gasteiger charge is 2.20. The van der Waals surface area contributed by atoms with Crippen molar-refractivity contribution in [1.82, 2.24) is 4.98 Å². The molecule has 0 fully saturated rings. The largest absolute Gasteiger partial charge is 0.491 e. The fourth-order valence-corrected chi connectivity index (χ4v) is 3.91. The molecule has 1 amide bonds. The van der Waals surface area contributed by atoms with Gasteiger partial charge in [-0.15, -0.1) is 11.3 Å². The zero-order valence-corrected chi connectivity index (χ0v) is 13.3. The number of amides is 1. The summed E-state index contributed by atoms with van der Waals surface area (Å²) in [6.45, 7) is 2.05. The zero-order valence-electron chi connectivity index (χ0n) is 11.6. The lowest BCUT2D eigenvalue weighted by Gasteiger charge is -2.10. The van der Waals surface area contributed by atoms with Crippen LogP contribution in [0.4, 0.5) is 10.8 Å². The number of rotatable bonds is 3. The highest BCUT2D eigenvalue weighted by Crippen LogP contribution is 2.30. The van der Waals surface area contributed by atoms with Gasteiger partial charge in [-0.25, -0.2) is 13.4 Å². The van der Waals surface area contributed by atoms with Crippen molar-refractivity contribution in [2.75, 3.05) is 16.6 Å². The Morgan fingerprint density at radius 1 is 1.41 bits per heavy atom. The second-order valence-electron chi connectivity index (χ2n) is 4.70. The van der Waals surface area contributed by atoms with Crippen LogP contribution in [0.1, 0.15) is 12.1 Å². The molecule has 116 valence electrons. The maximum Gasteiger partial charge on any atom is 0.263 e. The topological polar surface area (TPSA) is 97.4 Å². The van der Waals surface area contributed by atoms with Crippen LogP contribution in [0, 0.1) is 6.92 Å². The van der Waals surface area contributed by atoms with Crippen molar-refractivity contribution in [3.05, 3.63) is 29.3 Å². The van der Waals surface area contributed by atoms with Crippen LogP contribution in [-0.2, 0) is 14.8 Å². The van der Waals surface area contributed by atoms with Crippen LogP contribution in [0.15, 0.2) is 28.5 Å². The number of sulfonamides is 1. The average Bonchev–Trinajstić information content (AvgIpc) is 2.75. The van der Waals surface area contributed by atoms with Crippen LogP contribution in [0.2, 0.25) is 0 Å². The van der Waals surface area contributed by atoms with E-state index in [1.54, 1.807) is 12.3 Å². The third-order valence-electron chi connectivity index (χ3n) is 2.96. The summed E-state index contributed by atoms with van der Waals surface area (Å²) in [5.41, 5.74) is 1.09. The van der Waals surface area contributed by atoms with Crippen molar-refractivity contribution in [2.45, 2.75) is 18.2 Å². The number of nitrogens with one attached hydrogen (secondary N) is 2. The first-order valence-electron chi connectivity index (χ1n) is 6.46. The number of hydrogen-bond acceptors (Lipinski definition) is 6. The van der Waals surface area contributed by atoms with Crippen LogP contribution in [0.3, 0.4) is 0 Å². The van der Waals surface area contributed by atoms with E-state index < -0.39 is 10.0 Å². The maximum absolute atomic E-state index is 12.4. The van der Waals surface area contributed by atoms with Crippen molar-refractivity contribution >= 4 is 38.1 Å². The van der Waals surface area contributed by atoms with Crippen LogP contribution in [0.25, 0.3) is 0 Å². The predicted octanol–water partition coefficient (Wildman–Crippen LogP) is 1.97. The maximum atomic E-state index is 12.4. The van der Waals surface area contributed by atoms with Crippen LogP contribution in [0.5, 0.6) is 5.75 Å². The van der Waals surface area contributed by atoms with E-state index in [0.717, 1.165) is 5.69 Å². The van der Waals surface area contributed by atoms with Crippen molar-refractivity contribution in [3.8, 4) is 5.75 Å². The molecule has 1 aliphatic rings. The lowest BCUT2D eigenvalue weighted by Crippen LogP contribution is -2.14. The molecule has 1 aromatic heterocycles. The minimum Gasteiger partial charge on any atom is -0.491 e. The van der Waals surface area contributed by atoms with Gasteiger partial charge in [-0.1, -0.05) is 0 Å². The number of benzene rings is 1. The Morgan fingerprint density at radius 3 is 2.95 bits per heavy atom. The number of thiazole rings is 1. The van der Waals surface area contributed by atoms with E-state index in [0.29, 0.717) is 16.6 Å². The van der Waals surface area contributed by atoms with Gasteiger partial charge in [-0.2, -0.15) is 0 Å². The first-order chi connectivity index (χ1) is 10.4. The van der Waals surface area contributed by atoms with Gasteiger partial charge < -0.3 is 10.1 Å². The first-order valence-corrected chi connectivity index (χ1v) is 8.82. The molecule has 0 bridgehead atoms. The van der Waals surface area contributed by atoms with E-state index in [1.165, 1.54) is 29.5 Å². The van der Waals surface area contributed by atoms with Crippen molar-refractivity contribution in [3.63, 3.8) is 0 Å². The molecule has 3 rings (SSSR count). The summed E-state index contributed by atoms with van der Waals surface area (Å²) < 4.78 is 32.5. The van der Waals surface area contributed by atoms with Crippen molar-refractivity contribution in [1.29, 1.82) is 0 Å². The Morgan fingerprint density at radius 2 is 2.23 bits per heavy atom. The SMILES string of the molecule is Cc1csc(NS(=O)(=O)c2ccc3c(c2)NC(=O)CCO3)n1. The van der Waals surface area contributed by atoms with E-state index in [1.807, 2.05) is 0 Å². The lowest BCUT2D eigenvalue weighted by atomic mass is 10.3. The Balaban J connectivity index is 1.92. The number of carbonyl (C=O) groups excluding carboxylic acids is 1. The third-order valence-corrected chi connectivity index (χ3v) is 5.30. The van der Waals surface area contributed by atoms with Crippen molar-refractivity contribution < 1.29 is 17.9 Å². The Hall–Kier alpha value is -2.13. The van der Waals surface area contributed by atoms with E-state index >= 15 is 0 Å². The molecule has 2 N–H and O–H groups in total. The van der Waals surface area contributed by atoms with Gasteiger partial charge in [0.2, 0.25) is 5.91 Å². The number of nitrogens with zero attached hydrogens (tertiary/aromatic N) is 1. The summed E-state index contributed by atoms with van der Waals surface area (Å²) in [7, 11) is -3.77. The molecule has 0 saturated heterocycles. The number of aromatic nitrogens is 1. The first kappa shape index (κ1) is 14.8. The summed E-state index contributed by atoms with van der Waals surface area (Å²) in [6, 6.07) is 4.34. The number of fused-ring (bicyclic) bond motifs is 1. The number of aryl methyl sites for hydroxylation is 1. The molecule has 2 heterocycles. The molecule has 1 aliphatic heterocycles. The third kappa shape index (κ3) is 3.04. The van der Waals surface area contributed by atoms with Crippen LogP contribution < -0.4 is 14.8 Å². The summed E-state index contributed by atoms with van der Waals surface area (Å²) in [4.78, 5) is 15.6. The summed E-state index contributed by atoms with van der Waals surface area (Å²) in [5.74, 6) is 0.242. The molecular formula is C13H13N3O4S2. The lowest BCUT2D eigenvalue weighted by molar-refractivity contribution is -0.116. The van der Waals surface area contributed by atoms with Crippen LogP contribution >= 0.6 is 11.3 Å². The fourth-order valence-electron chi connectivity index (χ4n) is 1.94. The van der Waals surface area contributed by atoms with E-state index in [-0.39, 0.29) is 23.8 Å². The summed E-state index contributed by atoms with van der Waals surface area (Å²) in [5, 5.41) is 4.69. The van der Waals surface area contributed by atoms with E-state index in [9.17, 15) is 13.2 Å². The zero-order chi connectivity index (χ0) is 15.7. The van der Waals surface area contributed by atoms with E-state index in [2.05, 4.69) is 15.0 Å². The molecule has 9 heteroatoms. The molecule has 7 nitrogen and oxygen atoms in total. The highest BCUT2D eigenvalue weighted by atomic mass is 32.2. The summed E-state index contributed by atoms with van der Waals surface area (Å²) in [6.07, 6.45) is 0.230. The smallest absolute Gasteiger partial charge is 0.263 e. The minimum atomic E-state index is -3.77. The highest BCUT2D eigenvalue weighted by molar-refractivity contribution is 7.93. The summed E-state index contributed by atoms with van der Waals surface area (Å²) >= 11 is 1.21. The number of ether oxygens (including phenoxy) is 1. The monoisotopic (exact) mass is 339 g/mol. The molecular weight excluding hydrogens is 326 g/mol. The van der Waals surface area contributed by atoms with Gasteiger partial charge in [-0.3, -0.25) is 9.52 Å². The Labute approximate surface area is 131 Å². The van der Waals surface area contributed by atoms with Crippen LogP contribution in [-0.4, -0.2) is 25.9 Å². The molecule has 2 aromatic rings. The fraction of sp³-hybridized carbons (Fsp3) is 0.231. The predicted molar refractivity (Wildman–Crippen MR) is 82.8 cm³/mol. The van der Waals surface area contributed by atoms with Gasteiger partial charge in [0.25, 0.3) is 10.0 Å². The van der Waals surface area contributed by atoms with Gasteiger partial charge in [0.1, 0.15) is 5.75 Å². The van der Waals surface area contributed by atoms with Gasteiger partial charge in [-0.05, 0) is 25.1 Å². The average molecular weight is 339 g/mol. The minimum absolute atomic E-state index is 0.0323.